The van der Waals surface area contributed by atoms with Gasteiger partial charge in [-0.15, -0.1) is 0 Å². The van der Waals surface area contributed by atoms with Crippen molar-refractivity contribution in [3.63, 3.8) is 0 Å². The van der Waals surface area contributed by atoms with Gasteiger partial charge in [0.05, 0.1) is 0 Å². The van der Waals surface area contributed by atoms with Crippen LogP contribution in [0.3, 0.4) is 0 Å². The molecule has 3 heteroatoms. The van der Waals surface area contributed by atoms with Crippen LogP contribution >= 0.6 is 0 Å². The highest BCUT2D eigenvalue weighted by Crippen LogP contribution is 2.44. The van der Waals surface area contributed by atoms with Gasteiger partial charge in [0.1, 0.15) is 0 Å². The topological polar surface area (TPSA) is 60.7 Å². The maximum atomic E-state index is 10.2. The minimum atomic E-state index is -0.475. The molecule has 0 aliphatic carbocycles. The Morgan fingerprint density at radius 2 is 1.38 bits per heavy atom. The monoisotopic (exact) mass is 286 g/mol. The number of hydrogen-bond acceptors (Lipinski definition) is 3. The molecule has 2 aromatic carbocycles. The van der Waals surface area contributed by atoms with Crippen molar-refractivity contribution in [2.75, 3.05) is 0 Å². The fourth-order valence-electron chi connectivity index (χ4n) is 2.46. The lowest BCUT2D eigenvalue weighted by atomic mass is 9.88. The molecule has 0 amide bonds. The first kappa shape index (κ1) is 15.2. The van der Waals surface area contributed by atoms with E-state index in [4.69, 9.17) is 0 Å². The Hall–Kier alpha value is -2.16. The summed E-state index contributed by atoms with van der Waals surface area (Å²) >= 11 is 0. The maximum absolute atomic E-state index is 10.2. The lowest BCUT2D eigenvalue weighted by molar-refractivity contribution is 0.369. The summed E-state index contributed by atoms with van der Waals surface area (Å²) in [5, 5.41) is 29.4. The Morgan fingerprint density at radius 1 is 0.714 bits per heavy atom. The van der Waals surface area contributed by atoms with Crippen molar-refractivity contribution in [3.05, 3.63) is 41.5 Å². The van der Waals surface area contributed by atoms with E-state index in [1.807, 2.05) is 6.07 Å². The molecule has 0 aliphatic heterocycles. The molecule has 3 N–H and O–H groups in total. The Bertz CT molecular complexity index is 658. The van der Waals surface area contributed by atoms with Crippen molar-refractivity contribution in [2.45, 2.75) is 39.5 Å². The molecule has 0 saturated heterocycles. The molecule has 2 rings (SSSR count). The van der Waals surface area contributed by atoms with Gasteiger partial charge in [-0.1, -0.05) is 45.9 Å². The van der Waals surface area contributed by atoms with Crippen molar-refractivity contribution in [1.29, 1.82) is 0 Å². The molecule has 0 spiro atoms. The number of rotatable bonds is 3. The van der Waals surface area contributed by atoms with E-state index in [0.29, 0.717) is 11.5 Å². The van der Waals surface area contributed by atoms with Gasteiger partial charge in [0.15, 0.2) is 11.5 Å². The lowest BCUT2D eigenvalue weighted by Crippen LogP contribution is -1.96. The zero-order valence-corrected chi connectivity index (χ0v) is 12.9. The van der Waals surface area contributed by atoms with Crippen LogP contribution in [0.25, 0.3) is 11.1 Å². The van der Waals surface area contributed by atoms with Gasteiger partial charge >= 0.3 is 0 Å². The quantitative estimate of drug-likeness (QED) is 0.716. The molecule has 0 bridgehead atoms. The molecular weight excluding hydrogens is 264 g/mol. The van der Waals surface area contributed by atoms with Gasteiger partial charge in [-0.2, -0.15) is 0 Å². The first-order chi connectivity index (χ1) is 9.82. The average molecular weight is 286 g/mol. The Balaban J connectivity index is 2.71. The van der Waals surface area contributed by atoms with Crippen molar-refractivity contribution in [3.8, 4) is 28.4 Å². The van der Waals surface area contributed by atoms with Crippen LogP contribution in [-0.2, 0) is 0 Å². The first-order valence-electron chi connectivity index (χ1n) is 7.21. The SMILES string of the molecule is CC(C)c1ccc(C(C)C)c(-c2ccc(O)c(O)c2O)c1. The standard InChI is InChI=1S/C18H22O3/c1-10(2)12-5-6-13(11(3)4)15(9-12)14-7-8-16(19)18(21)17(14)20/h5-11,19-21H,1-4H3. The first-order valence-corrected chi connectivity index (χ1v) is 7.21. The molecule has 2 aromatic rings. The highest BCUT2D eigenvalue weighted by molar-refractivity contribution is 5.78. The summed E-state index contributed by atoms with van der Waals surface area (Å²) in [5.74, 6) is -0.410. The number of benzene rings is 2. The fourth-order valence-corrected chi connectivity index (χ4v) is 2.46. The van der Waals surface area contributed by atoms with Crippen LogP contribution in [0.5, 0.6) is 17.2 Å². The summed E-state index contributed by atoms with van der Waals surface area (Å²) < 4.78 is 0. The zero-order chi connectivity index (χ0) is 15.7. The fraction of sp³-hybridized carbons (Fsp3) is 0.333. The Morgan fingerprint density at radius 3 is 1.95 bits per heavy atom. The van der Waals surface area contributed by atoms with Crippen molar-refractivity contribution < 1.29 is 15.3 Å². The lowest BCUT2D eigenvalue weighted by Gasteiger charge is -2.18. The minimum absolute atomic E-state index is 0.280. The van der Waals surface area contributed by atoms with Crippen LogP contribution in [-0.4, -0.2) is 15.3 Å². The predicted molar refractivity (Wildman–Crippen MR) is 85.1 cm³/mol. The third-order valence-corrected chi connectivity index (χ3v) is 3.79. The van der Waals surface area contributed by atoms with Crippen molar-refractivity contribution in [2.24, 2.45) is 0 Å². The van der Waals surface area contributed by atoms with Crippen LogP contribution in [0.1, 0.15) is 50.7 Å². The molecule has 0 heterocycles. The number of hydrogen-bond donors (Lipinski definition) is 3. The van der Waals surface area contributed by atoms with E-state index in [0.717, 1.165) is 11.1 Å². The Labute approximate surface area is 125 Å². The molecular formula is C18H22O3. The van der Waals surface area contributed by atoms with E-state index in [1.165, 1.54) is 11.6 Å². The van der Waals surface area contributed by atoms with Gasteiger partial charge in [0.2, 0.25) is 5.75 Å². The third kappa shape index (κ3) is 2.82. The minimum Gasteiger partial charge on any atom is -0.504 e. The van der Waals surface area contributed by atoms with Gasteiger partial charge in [0, 0.05) is 5.56 Å². The molecule has 3 nitrogen and oxygen atoms in total. The largest absolute Gasteiger partial charge is 0.504 e. The van der Waals surface area contributed by atoms with Crippen LogP contribution in [0.4, 0.5) is 0 Å². The van der Waals surface area contributed by atoms with E-state index in [2.05, 4.69) is 39.8 Å². The summed E-state index contributed by atoms with van der Waals surface area (Å²) in [6, 6.07) is 9.25. The van der Waals surface area contributed by atoms with Crippen molar-refractivity contribution in [1.82, 2.24) is 0 Å². The van der Waals surface area contributed by atoms with Gasteiger partial charge in [-0.05, 0) is 40.7 Å². The van der Waals surface area contributed by atoms with Gasteiger partial charge < -0.3 is 15.3 Å². The summed E-state index contributed by atoms with van der Waals surface area (Å²) in [6.07, 6.45) is 0. The van der Waals surface area contributed by atoms with E-state index in [9.17, 15) is 15.3 Å². The smallest absolute Gasteiger partial charge is 0.200 e. The highest BCUT2D eigenvalue weighted by Gasteiger charge is 2.17. The van der Waals surface area contributed by atoms with E-state index < -0.39 is 5.75 Å². The second kappa shape index (κ2) is 5.68. The molecule has 21 heavy (non-hydrogen) atoms. The molecule has 0 aliphatic rings. The normalized spacial score (nSPS) is 11.3. The molecule has 112 valence electrons. The molecule has 0 fully saturated rings. The van der Waals surface area contributed by atoms with E-state index in [-0.39, 0.29) is 17.4 Å². The van der Waals surface area contributed by atoms with Crippen LogP contribution in [0, 0.1) is 0 Å². The van der Waals surface area contributed by atoms with Gasteiger partial charge in [0.25, 0.3) is 0 Å². The summed E-state index contributed by atoms with van der Waals surface area (Å²) in [6.45, 7) is 8.40. The summed E-state index contributed by atoms with van der Waals surface area (Å²) in [7, 11) is 0. The second-order valence-electron chi connectivity index (χ2n) is 5.99. The molecule has 0 saturated carbocycles. The van der Waals surface area contributed by atoms with Crippen molar-refractivity contribution >= 4 is 0 Å². The number of phenolic OH excluding ortho intramolecular Hbond substituents is 3. The second-order valence-corrected chi connectivity index (χ2v) is 5.99. The number of phenols is 3. The van der Waals surface area contributed by atoms with Crippen LogP contribution in [0.2, 0.25) is 0 Å². The number of aromatic hydroxyl groups is 3. The summed E-state index contributed by atoms with van der Waals surface area (Å²) in [5.41, 5.74) is 3.70. The molecule has 0 unspecified atom stereocenters. The van der Waals surface area contributed by atoms with Gasteiger partial charge in [-0.3, -0.25) is 0 Å². The third-order valence-electron chi connectivity index (χ3n) is 3.79. The van der Waals surface area contributed by atoms with Gasteiger partial charge in [-0.25, -0.2) is 0 Å². The molecule has 0 atom stereocenters. The predicted octanol–water partition coefficient (Wildman–Crippen LogP) is 4.72. The molecule has 0 aromatic heterocycles. The molecule has 0 radical (unpaired) electrons. The van der Waals surface area contributed by atoms with Crippen LogP contribution in [0.15, 0.2) is 30.3 Å². The maximum Gasteiger partial charge on any atom is 0.200 e. The van der Waals surface area contributed by atoms with Crippen LogP contribution < -0.4 is 0 Å². The van der Waals surface area contributed by atoms with E-state index in [1.54, 1.807) is 6.07 Å². The Kier molecular flexibility index (Phi) is 4.12. The average Bonchev–Trinajstić information content (AvgIpc) is 2.44. The van der Waals surface area contributed by atoms with E-state index >= 15 is 0 Å². The highest BCUT2D eigenvalue weighted by atomic mass is 16.3. The zero-order valence-electron chi connectivity index (χ0n) is 12.9. The summed E-state index contributed by atoms with van der Waals surface area (Å²) in [4.78, 5) is 0.